The van der Waals surface area contributed by atoms with Crippen molar-refractivity contribution in [2.75, 3.05) is 17.7 Å². The van der Waals surface area contributed by atoms with Gasteiger partial charge in [-0.15, -0.1) is 28.1 Å². The molecule has 9 nitrogen and oxygen atoms in total. The molecular formula is C23H23N5O4S2. The number of hydrogen-bond acceptors (Lipinski definition) is 8. The molecule has 3 aromatic rings. The fourth-order valence-electron chi connectivity index (χ4n) is 4.14. The van der Waals surface area contributed by atoms with Gasteiger partial charge in [0.15, 0.2) is 28.6 Å². The van der Waals surface area contributed by atoms with Crippen LogP contribution < -0.4 is 20.5 Å². The molecule has 3 heterocycles. The second-order valence-corrected chi connectivity index (χ2v) is 9.91. The number of carbonyl (C=O) groups is 2. The minimum atomic E-state index is -0.506. The number of nitrogens with zero attached hydrogens (tertiary/aromatic N) is 3. The minimum absolute atomic E-state index is 0.0981. The van der Waals surface area contributed by atoms with E-state index in [1.54, 1.807) is 6.08 Å². The number of fused-ring (bicyclic) bond motifs is 2. The van der Waals surface area contributed by atoms with Gasteiger partial charge < -0.3 is 20.5 Å². The van der Waals surface area contributed by atoms with Crippen molar-refractivity contribution in [1.29, 1.82) is 0 Å². The van der Waals surface area contributed by atoms with Gasteiger partial charge in [-0.25, -0.2) is 0 Å². The van der Waals surface area contributed by atoms with Crippen molar-refractivity contribution in [2.24, 2.45) is 5.73 Å². The first-order chi connectivity index (χ1) is 16.5. The highest BCUT2D eigenvalue weighted by molar-refractivity contribution is 7.99. The van der Waals surface area contributed by atoms with Crippen LogP contribution in [0.3, 0.4) is 0 Å². The van der Waals surface area contributed by atoms with Crippen LogP contribution in [0.4, 0.5) is 5.00 Å². The van der Waals surface area contributed by atoms with Crippen LogP contribution in [0.1, 0.15) is 39.1 Å². The van der Waals surface area contributed by atoms with Crippen molar-refractivity contribution in [1.82, 2.24) is 14.8 Å². The van der Waals surface area contributed by atoms with Gasteiger partial charge in [0, 0.05) is 11.4 Å². The van der Waals surface area contributed by atoms with Crippen molar-refractivity contribution in [3.63, 3.8) is 0 Å². The molecule has 0 bridgehead atoms. The largest absolute Gasteiger partial charge is 0.485 e. The lowest BCUT2D eigenvalue weighted by Crippen LogP contribution is -2.25. The molecule has 176 valence electrons. The number of rotatable bonds is 8. The SMILES string of the molecule is C=CCn1c(SCC(=O)Nc2sc3c(c2C(N)=O)CCC3)nnc1[C@H]1COc2ccccc2O1. The van der Waals surface area contributed by atoms with Gasteiger partial charge in [0.1, 0.15) is 11.6 Å². The number of aromatic nitrogens is 3. The predicted molar refractivity (Wildman–Crippen MR) is 130 cm³/mol. The van der Waals surface area contributed by atoms with E-state index in [9.17, 15) is 9.59 Å². The molecule has 2 amide bonds. The van der Waals surface area contributed by atoms with E-state index in [-0.39, 0.29) is 11.7 Å². The second-order valence-electron chi connectivity index (χ2n) is 7.87. The molecule has 2 aliphatic rings. The highest BCUT2D eigenvalue weighted by Crippen LogP contribution is 2.39. The summed E-state index contributed by atoms with van der Waals surface area (Å²) in [5, 5.41) is 12.5. The average Bonchev–Trinajstić information content (AvgIpc) is 3.52. The summed E-state index contributed by atoms with van der Waals surface area (Å²) < 4.78 is 13.8. The lowest BCUT2D eigenvalue weighted by atomic mass is 10.1. The molecule has 0 radical (unpaired) electrons. The maximum absolute atomic E-state index is 12.7. The Balaban J connectivity index is 1.28. The van der Waals surface area contributed by atoms with Gasteiger partial charge in [0.05, 0.1) is 11.3 Å². The number of thioether (sulfide) groups is 1. The normalized spacial score (nSPS) is 16.2. The van der Waals surface area contributed by atoms with Crippen molar-refractivity contribution < 1.29 is 19.1 Å². The first kappa shape index (κ1) is 22.5. The summed E-state index contributed by atoms with van der Waals surface area (Å²) in [6.07, 6.45) is 4.04. The van der Waals surface area contributed by atoms with Gasteiger partial charge in [0.25, 0.3) is 5.91 Å². The monoisotopic (exact) mass is 497 g/mol. The summed E-state index contributed by atoms with van der Waals surface area (Å²) in [6.45, 7) is 4.58. The van der Waals surface area contributed by atoms with Gasteiger partial charge in [-0.05, 0) is 37.0 Å². The summed E-state index contributed by atoms with van der Waals surface area (Å²) in [5.41, 5.74) is 7.01. The van der Waals surface area contributed by atoms with Crippen molar-refractivity contribution in [2.45, 2.75) is 37.1 Å². The van der Waals surface area contributed by atoms with E-state index in [0.717, 1.165) is 29.7 Å². The van der Waals surface area contributed by atoms with Crippen molar-refractivity contribution in [3.05, 3.63) is 58.7 Å². The molecule has 1 aliphatic heterocycles. The number of hydrogen-bond donors (Lipinski definition) is 2. The first-order valence-electron chi connectivity index (χ1n) is 10.8. The molecular weight excluding hydrogens is 474 g/mol. The van der Waals surface area contributed by atoms with E-state index in [2.05, 4.69) is 22.1 Å². The summed E-state index contributed by atoms with van der Waals surface area (Å²) in [4.78, 5) is 25.8. The molecule has 2 aromatic heterocycles. The van der Waals surface area contributed by atoms with E-state index in [0.29, 0.717) is 46.2 Å². The number of thiophene rings is 1. The molecule has 0 saturated heterocycles. The average molecular weight is 498 g/mol. The van der Waals surface area contributed by atoms with Crippen LogP contribution in [0.25, 0.3) is 0 Å². The molecule has 1 aromatic carbocycles. The molecule has 0 saturated carbocycles. The minimum Gasteiger partial charge on any atom is -0.485 e. The number of allylic oxidation sites excluding steroid dienone is 1. The van der Waals surface area contributed by atoms with Crippen LogP contribution in [-0.2, 0) is 24.2 Å². The van der Waals surface area contributed by atoms with Crippen LogP contribution in [0.15, 0.2) is 42.1 Å². The molecule has 11 heteroatoms. The number of ether oxygens (including phenoxy) is 2. The summed E-state index contributed by atoms with van der Waals surface area (Å²) >= 11 is 2.69. The molecule has 1 aliphatic carbocycles. The van der Waals surface area contributed by atoms with Gasteiger partial charge in [0.2, 0.25) is 5.91 Å². The third-order valence-corrected chi connectivity index (χ3v) is 7.78. The van der Waals surface area contributed by atoms with E-state index < -0.39 is 12.0 Å². The zero-order valence-electron chi connectivity index (χ0n) is 18.3. The molecule has 3 N–H and O–H groups in total. The number of para-hydroxylation sites is 2. The Labute approximate surface area is 204 Å². The maximum Gasteiger partial charge on any atom is 0.251 e. The van der Waals surface area contributed by atoms with Crippen LogP contribution in [0.5, 0.6) is 11.5 Å². The maximum atomic E-state index is 12.7. The van der Waals surface area contributed by atoms with Crippen molar-refractivity contribution >= 4 is 39.9 Å². The Morgan fingerprint density at radius 3 is 2.91 bits per heavy atom. The first-order valence-corrected chi connectivity index (χ1v) is 12.6. The number of amides is 2. The highest BCUT2D eigenvalue weighted by Gasteiger charge is 2.29. The van der Waals surface area contributed by atoms with Gasteiger partial charge in [-0.3, -0.25) is 14.2 Å². The smallest absolute Gasteiger partial charge is 0.251 e. The lowest BCUT2D eigenvalue weighted by Gasteiger charge is -2.26. The van der Waals surface area contributed by atoms with Crippen LogP contribution in [0.2, 0.25) is 0 Å². The topological polar surface area (TPSA) is 121 Å². The van der Waals surface area contributed by atoms with Crippen LogP contribution >= 0.6 is 23.1 Å². The molecule has 5 rings (SSSR count). The summed E-state index contributed by atoms with van der Waals surface area (Å²) in [6, 6.07) is 7.46. The number of nitrogens with two attached hydrogens (primary N) is 1. The number of nitrogens with one attached hydrogen (secondary N) is 1. The van der Waals surface area contributed by atoms with Crippen molar-refractivity contribution in [3.8, 4) is 11.5 Å². The third kappa shape index (κ3) is 4.28. The molecule has 0 fully saturated rings. The zero-order valence-corrected chi connectivity index (χ0v) is 19.9. The molecule has 1 atom stereocenters. The van der Waals surface area contributed by atoms with E-state index >= 15 is 0 Å². The quantitative estimate of drug-likeness (QED) is 0.362. The molecule has 0 spiro atoms. The molecule has 0 unspecified atom stereocenters. The number of carbonyl (C=O) groups excluding carboxylic acids is 2. The Bertz CT molecular complexity index is 1270. The number of anilines is 1. The fourth-order valence-corrected chi connectivity index (χ4v) is 6.20. The van der Waals surface area contributed by atoms with E-state index in [4.69, 9.17) is 15.2 Å². The van der Waals surface area contributed by atoms with Gasteiger partial charge in [-0.2, -0.15) is 0 Å². The van der Waals surface area contributed by atoms with E-state index in [1.165, 1.54) is 23.1 Å². The Kier molecular flexibility index (Phi) is 6.29. The van der Waals surface area contributed by atoms with E-state index in [1.807, 2.05) is 28.8 Å². The van der Waals surface area contributed by atoms with Gasteiger partial charge >= 0.3 is 0 Å². The Morgan fingerprint density at radius 2 is 2.12 bits per heavy atom. The number of primary amides is 1. The zero-order chi connectivity index (χ0) is 23.7. The summed E-state index contributed by atoms with van der Waals surface area (Å²) in [5.74, 6) is 1.29. The fraction of sp³-hybridized carbons (Fsp3) is 0.304. The standard InChI is InChI=1S/C23H23N5O4S2/c1-2-10-28-21(16-11-31-14-7-3-4-8-15(14)32-16)26-27-23(28)33-12-18(29)25-22-19(20(24)30)13-6-5-9-17(13)34-22/h2-4,7-8,16H,1,5-6,9-12H2,(H2,24,30)(H,25,29)/t16-/m1/s1. The summed E-state index contributed by atoms with van der Waals surface area (Å²) in [7, 11) is 0. The highest BCUT2D eigenvalue weighted by atomic mass is 32.2. The lowest BCUT2D eigenvalue weighted by molar-refractivity contribution is -0.113. The number of benzene rings is 1. The molecule has 34 heavy (non-hydrogen) atoms. The number of aryl methyl sites for hydroxylation is 1. The van der Waals surface area contributed by atoms with Crippen LogP contribution in [0, 0.1) is 0 Å². The Hall–Kier alpha value is -3.31. The van der Waals surface area contributed by atoms with Gasteiger partial charge in [-0.1, -0.05) is 30.0 Å². The third-order valence-electron chi connectivity index (χ3n) is 5.61. The van der Waals surface area contributed by atoms with Crippen LogP contribution in [-0.4, -0.2) is 38.9 Å². The Morgan fingerprint density at radius 1 is 1.29 bits per heavy atom. The predicted octanol–water partition coefficient (Wildman–Crippen LogP) is 3.36. The second kappa shape index (κ2) is 9.51.